The van der Waals surface area contributed by atoms with E-state index in [1.807, 2.05) is 6.92 Å². The van der Waals surface area contributed by atoms with Crippen LogP contribution in [0.15, 0.2) is 11.6 Å². The number of carbonyl (C=O) groups is 5. The minimum atomic E-state index is -0.961. The highest BCUT2D eigenvalue weighted by Crippen LogP contribution is 2.70. The number of hydrogen-bond donors (Lipinski definition) is 0. The Kier molecular flexibility index (Phi) is 7.75. The van der Waals surface area contributed by atoms with E-state index in [1.54, 1.807) is 13.0 Å². The van der Waals surface area contributed by atoms with Crippen molar-refractivity contribution in [1.82, 2.24) is 0 Å². The molecular weight excluding hydrogens is 508 g/mol. The van der Waals surface area contributed by atoms with Crippen LogP contribution in [0.4, 0.5) is 0 Å². The summed E-state index contributed by atoms with van der Waals surface area (Å²) in [6.45, 7) is 11.7. The first-order valence-corrected chi connectivity index (χ1v) is 13.6. The quantitative estimate of drug-likeness (QED) is 0.360. The van der Waals surface area contributed by atoms with Crippen molar-refractivity contribution in [3.05, 3.63) is 11.6 Å². The number of rotatable bonds is 6. The predicted molar refractivity (Wildman–Crippen MR) is 136 cm³/mol. The van der Waals surface area contributed by atoms with Gasteiger partial charge in [0, 0.05) is 50.4 Å². The molecule has 0 N–H and O–H groups in total. The Hall–Kier alpha value is -2.75. The molecule has 0 bridgehead atoms. The molecule has 1 unspecified atom stereocenters. The van der Waals surface area contributed by atoms with Gasteiger partial charge in [-0.15, -0.1) is 0 Å². The molecule has 2 saturated carbocycles. The number of ketones is 1. The zero-order valence-corrected chi connectivity index (χ0v) is 23.9. The van der Waals surface area contributed by atoms with Gasteiger partial charge in [-0.05, 0) is 49.2 Å². The Balaban J connectivity index is 1.94. The second-order valence-corrected chi connectivity index (χ2v) is 12.2. The summed E-state index contributed by atoms with van der Waals surface area (Å²) < 4.78 is 29.4. The van der Waals surface area contributed by atoms with Crippen molar-refractivity contribution in [3.63, 3.8) is 0 Å². The van der Waals surface area contributed by atoms with E-state index in [2.05, 4.69) is 6.92 Å². The maximum Gasteiger partial charge on any atom is 0.303 e. The van der Waals surface area contributed by atoms with Crippen LogP contribution in [0.3, 0.4) is 0 Å². The van der Waals surface area contributed by atoms with Gasteiger partial charge in [0.05, 0.1) is 19.8 Å². The molecule has 3 fully saturated rings. The molecule has 1 saturated heterocycles. The van der Waals surface area contributed by atoms with E-state index < -0.39 is 70.3 Å². The first kappa shape index (κ1) is 29.2. The van der Waals surface area contributed by atoms with Crippen molar-refractivity contribution in [2.75, 3.05) is 19.8 Å². The number of carbonyl (C=O) groups excluding carboxylic acids is 5. The second kappa shape index (κ2) is 10.3. The lowest BCUT2D eigenvalue weighted by molar-refractivity contribution is -0.271. The van der Waals surface area contributed by atoms with E-state index >= 15 is 0 Å². The van der Waals surface area contributed by atoms with Crippen LogP contribution in [0.2, 0.25) is 0 Å². The molecule has 216 valence electrons. The summed E-state index contributed by atoms with van der Waals surface area (Å²) in [5, 5.41) is 0. The molecule has 0 radical (unpaired) electrons. The van der Waals surface area contributed by atoms with E-state index in [9.17, 15) is 24.0 Å². The molecule has 1 aliphatic heterocycles. The maximum absolute atomic E-state index is 13.6. The summed E-state index contributed by atoms with van der Waals surface area (Å²) >= 11 is 0. The van der Waals surface area contributed by atoms with Gasteiger partial charge < -0.3 is 23.7 Å². The van der Waals surface area contributed by atoms with Crippen LogP contribution in [0.5, 0.6) is 0 Å². The van der Waals surface area contributed by atoms with Gasteiger partial charge in [0.2, 0.25) is 0 Å². The number of fused-ring (bicyclic) bond motifs is 5. The summed E-state index contributed by atoms with van der Waals surface area (Å²) in [5.74, 6) is -3.25. The lowest BCUT2D eigenvalue weighted by Gasteiger charge is -2.67. The van der Waals surface area contributed by atoms with E-state index in [-0.39, 0.29) is 24.9 Å². The molecule has 1 heterocycles. The van der Waals surface area contributed by atoms with E-state index in [0.717, 1.165) is 0 Å². The van der Waals surface area contributed by atoms with Gasteiger partial charge in [0.25, 0.3) is 0 Å². The van der Waals surface area contributed by atoms with Crippen LogP contribution in [-0.4, -0.2) is 67.8 Å². The topological polar surface area (TPSA) is 132 Å². The highest BCUT2D eigenvalue weighted by atomic mass is 16.6. The molecule has 9 atom stereocenters. The van der Waals surface area contributed by atoms with E-state index in [1.165, 1.54) is 27.7 Å². The molecular formula is C29H40O10. The first-order valence-electron chi connectivity index (χ1n) is 13.6. The van der Waals surface area contributed by atoms with Crippen LogP contribution >= 0.6 is 0 Å². The van der Waals surface area contributed by atoms with Crippen molar-refractivity contribution < 1.29 is 47.7 Å². The standard InChI is InChI=1S/C29H40O10/c1-15-12-22(37-17(3)31)28(7)20(23(15)34)8-9-27(6)21-13-35-14-29(21,10-11-36-16(2)30)26(39-19(5)33)24(25(27)28)38-18(4)32/h12,20-22,24-26H,8-11,13-14H2,1-7H3/t20-,21-,22+,24-,25?,26-,27-,28+,29-/m0/s1. The monoisotopic (exact) mass is 548 g/mol. The molecule has 4 rings (SSSR count). The zero-order chi connectivity index (χ0) is 28.9. The van der Waals surface area contributed by atoms with Crippen LogP contribution in [0, 0.1) is 34.0 Å². The first-order chi connectivity index (χ1) is 18.2. The summed E-state index contributed by atoms with van der Waals surface area (Å²) in [5.41, 5.74) is -1.80. The van der Waals surface area contributed by atoms with Crippen LogP contribution < -0.4 is 0 Å². The molecule has 0 amide bonds. The predicted octanol–water partition coefficient (Wildman–Crippen LogP) is 2.95. The summed E-state index contributed by atoms with van der Waals surface area (Å²) in [7, 11) is 0. The van der Waals surface area contributed by atoms with Gasteiger partial charge in [0.15, 0.2) is 5.78 Å². The van der Waals surface area contributed by atoms with E-state index in [0.29, 0.717) is 31.4 Å². The molecule has 0 spiro atoms. The highest BCUT2D eigenvalue weighted by molar-refractivity contribution is 5.98. The molecule has 3 aliphatic carbocycles. The molecule has 4 aliphatic rings. The molecule has 39 heavy (non-hydrogen) atoms. The maximum atomic E-state index is 13.6. The average Bonchev–Trinajstić information content (AvgIpc) is 3.25. The molecule has 10 heteroatoms. The van der Waals surface area contributed by atoms with Crippen molar-refractivity contribution in [2.45, 2.75) is 86.0 Å². The Morgan fingerprint density at radius 3 is 2.21 bits per heavy atom. The van der Waals surface area contributed by atoms with Gasteiger partial charge in [-0.1, -0.05) is 13.8 Å². The Morgan fingerprint density at radius 2 is 1.62 bits per heavy atom. The fourth-order valence-corrected chi connectivity index (χ4v) is 8.58. The largest absolute Gasteiger partial charge is 0.466 e. The zero-order valence-electron chi connectivity index (χ0n) is 23.9. The Bertz CT molecular complexity index is 1100. The number of hydrogen-bond acceptors (Lipinski definition) is 10. The Morgan fingerprint density at radius 1 is 0.974 bits per heavy atom. The molecule has 10 nitrogen and oxygen atoms in total. The van der Waals surface area contributed by atoms with Gasteiger partial charge in [-0.2, -0.15) is 0 Å². The number of esters is 4. The third-order valence-electron chi connectivity index (χ3n) is 9.92. The van der Waals surface area contributed by atoms with Gasteiger partial charge in [0.1, 0.15) is 18.3 Å². The average molecular weight is 549 g/mol. The normalized spacial score (nSPS) is 40.8. The number of allylic oxidation sites excluding steroid dienone is 1. The number of ether oxygens (including phenoxy) is 5. The molecule has 0 aromatic carbocycles. The van der Waals surface area contributed by atoms with Crippen molar-refractivity contribution in [3.8, 4) is 0 Å². The summed E-state index contributed by atoms with van der Waals surface area (Å²) in [6, 6.07) is 0. The van der Waals surface area contributed by atoms with Gasteiger partial charge >= 0.3 is 23.9 Å². The fraction of sp³-hybridized carbons (Fsp3) is 0.759. The Labute approximate surface area is 229 Å². The molecule has 0 aromatic heterocycles. The summed E-state index contributed by atoms with van der Waals surface area (Å²) in [6.07, 6.45) is 0.554. The van der Waals surface area contributed by atoms with Gasteiger partial charge in [-0.3, -0.25) is 24.0 Å². The highest BCUT2D eigenvalue weighted by Gasteiger charge is 2.75. The number of Topliss-reactive ketones (excluding diaryl/α,β-unsaturated/α-hetero) is 1. The van der Waals surface area contributed by atoms with Gasteiger partial charge in [-0.25, -0.2) is 0 Å². The lowest BCUT2D eigenvalue weighted by Crippen LogP contribution is -2.73. The van der Waals surface area contributed by atoms with Crippen LogP contribution in [0.25, 0.3) is 0 Å². The van der Waals surface area contributed by atoms with Crippen LogP contribution in [0.1, 0.15) is 67.7 Å². The SMILES string of the molecule is CC(=O)OCC[C@]12COC[C@H]1[C@]1(C)CC[C@H]3C(=O)C(C)=C[C@@H](OC(C)=O)[C@]3(C)C1[C@H](OC(C)=O)[C@@H]2OC(C)=O. The molecule has 0 aromatic rings. The van der Waals surface area contributed by atoms with E-state index in [4.69, 9.17) is 23.7 Å². The third-order valence-corrected chi connectivity index (χ3v) is 9.92. The van der Waals surface area contributed by atoms with Crippen molar-refractivity contribution in [1.29, 1.82) is 0 Å². The van der Waals surface area contributed by atoms with Crippen molar-refractivity contribution in [2.24, 2.45) is 34.0 Å². The second-order valence-electron chi connectivity index (χ2n) is 12.2. The minimum Gasteiger partial charge on any atom is -0.466 e. The smallest absolute Gasteiger partial charge is 0.303 e. The summed E-state index contributed by atoms with van der Waals surface area (Å²) in [4.78, 5) is 62.7. The minimum absolute atomic E-state index is 0.0251. The van der Waals surface area contributed by atoms with Crippen molar-refractivity contribution >= 4 is 29.7 Å². The fourth-order valence-electron chi connectivity index (χ4n) is 8.58. The third kappa shape index (κ3) is 4.68. The van der Waals surface area contributed by atoms with Crippen LogP contribution in [-0.2, 0) is 47.7 Å². The lowest BCUT2D eigenvalue weighted by atomic mass is 9.37.